The van der Waals surface area contributed by atoms with Gasteiger partial charge >= 0.3 is 41.8 Å². The van der Waals surface area contributed by atoms with Crippen LogP contribution in [-0.4, -0.2) is 202 Å². The van der Waals surface area contributed by atoms with Crippen LogP contribution in [0, 0.1) is 50.2 Å². The zero-order chi connectivity index (χ0) is 83.8. The van der Waals surface area contributed by atoms with Gasteiger partial charge in [-0.1, -0.05) is 125 Å². The minimum Gasteiger partial charge on any atom is -0.457 e. The fourth-order valence-corrected chi connectivity index (χ4v) is 21.3. The van der Waals surface area contributed by atoms with E-state index in [-0.39, 0.29) is 60.1 Å². The van der Waals surface area contributed by atoms with Crippen molar-refractivity contribution in [1.82, 2.24) is 10.2 Å². The molecule has 4 bridgehead atoms. The summed E-state index contributed by atoms with van der Waals surface area (Å²) in [5.41, 5.74) is -13.1. The van der Waals surface area contributed by atoms with E-state index in [4.69, 9.17) is 47.4 Å². The molecule has 2 aromatic carbocycles. The molecule has 7 unspecified atom stereocenters. The Labute approximate surface area is 660 Å². The fraction of sp³-hybridized carbons (Fsp3) is 0.701. The fourth-order valence-electron chi connectivity index (χ4n) is 21.3. The van der Waals surface area contributed by atoms with Crippen LogP contribution in [0.4, 0.5) is 0 Å². The van der Waals surface area contributed by atoms with Crippen LogP contribution in [0.3, 0.4) is 0 Å². The Morgan fingerprint density at radius 2 is 1.04 bits per heavy atom. The van der Waals surface area contributed by atoms with Gasteiger partial charge in [-0.15, -0.1) is 0 Å². The van der Waals surface area contributed by atoms with Crippen molar-refractivity contribution in [2.24, 2.45) is 50.2 Å². The van der Waals surface area contributed by atoms with Gasteiger partial charge in [-0.3, -0.25) is 38.4 Å². The van der Waals surface area contributed by atoms with E-state index >= 15 is 9.59 Å². The first-order valence-electron chi connectivity index (χ1n) is 39.9. The lowest BCUT2D eigenvalue weighted by atomic mass is 9.43. The predicted octanol–water partition coefficient (Wildman–Crippen LogP) is 10.8. The number of carbonyl (C=O) groups is 10. The number of unbranched alkanes of at least 4 members (excludes halogenated alkanes) is 1. The first-order chi connectivity index (χ1) is 52.0. The highest BCUT2D eigenvalue weighted by Crippen LogP contribution is 2.68. The topological polar surface area (TPSA) is 339 Å². The van der Waals surface area contributed by atoms with E-state index in [1.807, 2.05) is 53.5 Å². The third kappa shape index (κ3) is 13.7. The van der Waals surface area contributed by atoms with Crippen LogP contribution >= 0.6 is 0 Å². The number of nitrogens with zero attached hydrogens (tertiary/aromatic N) is 1. The summed E-state index contributed by atoms with van der Waals surface area (Å²) in [6, 6.07) is 16.5. The molecule has 4 N–H and O–H groups in total. The van der Waals surface area contributed by atoms with Crippen molar-refractivity contribution >= 4 is 59.3 Å². The largest absolute Gasteiger partial charge is 0.457 e. The third-order valence-electron chi connectivity index (χ3n) is 29.5. The molecule has 620 valence electrons. The van der Waals surface area contributed by atoms with Crippen molar-refractivity contribution in [2.75, 3.05) is 34.4 Å². The second-order valence-corrected chi connectivity index (χ2v) is 35.5. The number of fused-ring (bicyclic) bond motifs is 10. The minimum absolute atomic E-state index is 0.00217. The SMILES string of the molecule is CCCC(C)(NC)C(C)(CC)C(=O)OC1C[C@@]2(O)[C@@H](OC(=O)c3ccccc3)C3[C@](C)(C(=O)[C@H](OC(C)=O)C(=C1C)C2(C)C)[C@@H](O)C[C@H]1OC[C@@]31OC(C)=O.CCCCC1(C)N(C)C(=O)C1(C)CC.CO[C@H]1C[C@@]2(O)[C@@H](OC(=O)c3ccccc3)C3[C@](C)(C(=O)[C@H](OC(C)=O)C(=C1C)C2(C)C)[C@@H](C)C[C@H]1OC[C@@]31OC(C)=O. The average Bonchev–Trinajstić information content (AvgIpc) is 0.677. The first-order valence-corrected chi connectivity index (χ1v) is 39.9. The quantitative estimate of drug-likeness (QED) is 0.0414. The van der Waals surface area contributed by atoms with Crippen LogP contribution in [0.5, 0.6) is 0 Å². The second-order valence-electron chi connectivity index (χ2n) is 35.5. The summed E-state index contributed by atoms with van der Waals surface area (Å²) in [4.78, 5) is 138. The maximum atomic E-state index is 15.4. The van der Waals surface area contributed by atoms with Gasteiger partial charge in [0.1, 0.15) is 41.7 Å². The molecular weight excluding hydrogens is 1440 g/mol. The number of amides is 1. The summed E-state index contributed by atoms with van der Waals surface area (Å²) in [5, 5.41) is 42.2. The molecular formula is C87H124N2O23. The van der Waals surface area contributed by atoms with Crippen LogP contribution in [-0.2, 0) is 85.7 Å². The van der Waals surface area contributed by atoms with Gasteiger partial charge in [0.2, 0.25) is 5.91 Å². The summed E-state index contributed by atoms with van der Waals surface area (Å²) in [5.74, 6) is -8.64. The zero-order valence-corrected chi connectivity index (χ0v) is 70.3. The smallest absolute Gasteiger partial charge is 0.338 e. The molecule has 9 aliphatic rings. The number of ketones is 2. The molecule has 0 aromatic heterocycles. The van der Waals surface area contributed by atoms with Crippen molar-refractivity contribution in [3.63, 3.8) is 0 Å². The van der Waals surface area contributed by atoms with E-state index in [0.29, 0.717) is 41.9 Å². The van der Waals surface area contributed by atoms with Crippen molar-refractivity contribution in [1.29, 1.82) is 0 Å². The number of hydrogen-bond donors (Lipinski definition) is 4. The van der Waals surface area contributed by atoms with Gasteiger partial charge in [-0.2, -0.15) is 0 Å². The Hall–Kier alpha value is -7.26. The molecule has 22 atom stereocenters. The standard InChI is InChI=1S/C42H59NO12.C33H42O10.C12H23NO/c1-12-19-39(9,43-11)38(8,13-2)36(49)53-27-21-42(50)34(54-35(48)26-17-15-14-16-18-26)32-40(10,28(46)20-29-41(32,22-51-29)55-25(5)45)33(47)31(52-24(4)44)30(23(27)3)37(42,6)7;1-17-14-23-32(16-40-23,43-20(4)35)26-28(42-29(37)21-12-10-9-11-13-21)33(38)15-22(39-8)18(2)24(30(33,5)6)25(41-19(3)34)27(36)31(17,26)7;1-6-8-9-12(4)11(3,7-2)10(14)13(12)5/h14-18,27-29,31-32,34,43,46,50H,12-13,19-22H2,1-11H3;9-13,17,22-23,25-26,28,38H,14-16H2,1-8H3;6-9H2,1-5H3/t27?,28-,29+,31+,32?,34-,38?,39?,40+,41-,42+;17-,22-,23+,25+,26?,28-,31+,32-,33+;/m00./s1. The van der Waals surface area contributed by atoms with Crippen molar-refractivity contribution < 1.29 is 111 Å². The van der Waals surface area contributed by atoms with E-state index < -0.39 is 181 Å². The predicted molar refractivity (Wildman–Crippen MR) is 411 cm³/mol. The number of β-lactam (4-membered cyclic amide) rings is 1. The van der Waals surface area contributed by atoms with Gasteiger partial charge in [-0.25, -0.2) is 9.59 Å². The lowest BCUT2D eigenvalue weighted by molar-refractivity contribution is -0.346. The molecule has 4 saturated carbocycles. The number of aliphatic hydroxyl groups is 3. The molecule has 0 spiro atoms. The highest BCUT2D eigenvalue weighted by Gasteiger charge is 2.81. The Bertz CT molecular complexity index is 4040. The van der Waals surface area contributed by atoms with E-state index in [0.717, 1.165) is 26.2 Å². The molecule has 7 fully saturated rings. The molecule has 3 heterocycles. The number of benzene rings is 2. The molecule has 6 aliphatic carbocycles. The summed E-state index contributed by atoms with van der Waals surface area (Å²) < 4.78 is 60.9. The summed E-state index contributed by atoms with van der Waals surface area (Å²) in [6.45, 7) is 36.4. The molecule has 112 heavy (non-hydrogen) atoms. The van der Waals surface area contributed by atoms with E-state index in [9.17, 15) is 53.7 Å². The number of nitrogens with one attached hydrogen (secondary N) is 1. The lowest BCUT2D eigenvalue weighted by Crippen LogP contribution is -2.82. The number of methoxy groups -OCH3 is 1. The Morgan fingerprint density at radius 3 is 1.42 bits per heavy atom. The van der Waals surface area contributed by atoms with Crippen molar-refractivity contribution in [3.05, 3.63) is 94.1 Å². The Balaban J connectivity index is 0.000000223. The molecule has 25 heteroatoms. The molecule has 3 saturated heterocycles. The molecule has 2 aromatic rings. The number of hydrogen-bond acceptors (Lipinski definition) is 24. The van der Waals surface area contributed by atoms with Gasteiger partial charge in [-0.05, 0) is 140 Å². The Kier molecular flexibility index (Phi) is 25.1. The minimum atomic E-state index is -2.22. The van der Waals surface area contributed by atoms with Crippen molar-refractivity contribution in [2.45, 2.75) is 304 Å². The summed E-state index contributed by atoms with van der Waals surface area (Å²) in [7, 11) is 5.23. The third-order valence-corrected chi connectivity index (χ3v) is 29.5. The van der Waals surface area contributed by atoms with Crippen LogP contribution in [0.2, 0.25) is 0 Å². The number of likely N-dealkylation sites (tertiary alicyclic amines) is 1. The Morgan fingerprint density at radius 1 is 0.607 bits per heavy atom. The average molecular weight is 1570 g/mol. The molecule has 1 amide bonds. The van der Waals surface area contributed by atoms with Gasteiger partial charge < -0.3 is 72.9 Å². The molecule has 0 radical (unpaired) electrons. The van der Waals surface area contributed by atoms with Gasteiger partial charge in [0.15, 0.2) is 35.0 Å². The van der Waals surface area contributed by atoms with Crippen molar-refractivity contribution in [3.8, 4) is 0 Å². The van der Waals surface area contributed by atoms with Gasteiger partial charge in [0.25, 0.3) is 0 Å². The monoisotopic (exact) mass is 1560 g/mol. The highest BCUT2D eigenvalue weighted by atomic mass is 16.6. The molecule has 25 nitrogen and oxygen atoms in total. The second kappa shape index (κ2) is 31.7. The van der Waals surface area contributed by atoms with Crippen LogP contribution in [0.25, 0.3) is 0 Å². The number of rotatable bonds is 20. The maximum absolute atomic E-state index is 15.4. The summed E-state index contributed by atoms with van der Waals surface area (Å²) in [6.07, 6.45) is -4.79. The van der Waals surface area contributed by atoms with Crippen LogP contribution in [0.15, 0.2) is 83.0 Å². The molecule has 3 aliphatic heterocycles. The normalized spacial score (nSPS) is 37.5. The van der Waals surface area contributed by atoms with E-state index in [1.54, 1.807) is 97.1 Å². The van der Waals surface area contributed by atoms with E-state index in [1.165, 1.54) is 59.8 Å². The first kappa shape index (κ1) is 88.7. The number of aliphatic hydroxyl groups excluding tert-OH is 1. The number of ether oxygens (including phenoxy) is 10. The number of Topliss-reactive ketones (excluding diaryl/α,β-unsaturated/α-hetero) is 2. The van der Waals surface area contributed by atoms with Crippen LogP contribution < -0.4 is 5.32 Å². The maximum Gasteiger partial charge on any atom is 0.338 e. The summed E-state index contributed by atoms with van der Waals surface area (Å²) >= 11 is 0. The van der Waals surface area contributed by atoms with E-state index in [2.05, 4.69) is 33.0 Å². The molecule has 11 rings (SSSR count). The van der Waals surface area contributed by atoms with Gasteiger partial charge in [0.05, 0.1) is 70.2 Å². The highest BCUT2D eigenvalue weighted by molar-refractivity contribution is 5.97. The number of carbonyl (C=O) groups excluding carboxylic acids is 10. The zero-order valence-electron chi connectivity index (χ0n) is 70.3. The van der Waals surface area contributed by atoms with Gasteiger partial charge in [0, 0.05) is 82.9 Å². The lowest BCUT2D eigenvalue weighted by Gasteiger charge is -2.68. The number of esters is 7. The van der Waals surface area contributed by atoms with Crippen LogP contribution in [0.1, 0.15) is 237 Å².